The van der Waals surface area contributed by atoms with Crippen LogP contribution in [0.25, 0.3) is 126 Å². The molecule has 0 saturated heterocycles. The van der Waals surface area contributed by atoms with Crippen LogP contribution in [0.1, 0.15) is 52.7 Å². The van der Waals surface area contributed by atoms with Crippen molar-refractivity contribution in [2.45, 2.75) is 52.4 Å². The molecular weight excluding hydrogens is 831 g/mol. The van der Waals surface area contributed by atoms with E-state index in [-0.39, 0.29) is 10.8 Å². The largest absolute Gasteiger partial charge is 0.309 e. The molecule has 0 bridgehead atoms. The van der Waals surface area contributed by atoms with Crippen molar-refractivity contribution in [3.05, 3.63) is 223 Å². The lowest BCUT2D eigenvalue weighted by Gasteiger charge is -2.24. The fourth-order valence-electron chi connectivity index (χ4n) is 11.7. The Balaban J connectivity index is 1.17. The molecule has 0 aliphatic carbocycles. The molecule has 0 fully saturated rings. The maximum Gasteiger partial charge on any atom is 0.0547 e. The van der Waals surface area contributed by atoms with Gasteiger partial charge in [-0.2, -0.15) is 0 Å². The predicted octanol–water partition coefficient (Wildman–Crippen LogP) is 19.3. The number of fused-ring (bicyclic) bond motifs is 4. The van der Waals surface area contributed by atoms with Gasteiger partial charge in [0, 0.05) is 16.5 Å². The minimum atomic E-state index is -0.0115. The Morgan fingerprint density at radius 1 is 0.275 bits per heavy atom. The molecule has 0 atom stereocenters. The molecule has 330 valence electrons. The zero-order valence-corrected chi connectivity index (χ0v) is 40.2. The van der Waals surface area contributed by atoms with Gasteiger partial charge in [-0.15, -0.1) is 0 Å². The van der Waals surface area contributed by atoms with Crippen LogP contribution in [0, 0.1) is 0 Å². The second kappa shape index (κ2) is 15.3. The van der Waals surface area contributed by atoms with Crippen LogP contribution in [0.4, 0.5) is 0 Å². The highest BCUT2D eigenvalue weighted by Gasteiger charge is 2.27. The van der Waals surface area contributed by atoms with Crippen molar-refractivity contribution in [2.75, 3.05) is 0 Å². The summed E-state index contributed by atoms with van der Waals surface area (Å²) in [4.78, 5) is 0. The normalized spacial score (nSPS) is 12.5. The zero-order valence-electron chi connectivity index (χ0n) is 40.2. The highest BCUT2D eigenvalue weighted by molar-refractivity contribution is 6.33. The van der Waals surface area contributed by atoms with Crippen LogP contribution in [-0.4, -0.2) is 4.57 Å². The lowest BCUT2D eigenvalue weighted by atomic mass is 9.80. The molecule has 0 aliphatic rings. The summed E-state index contributed by atoms with van der Waals surface area (Å²) in [6.07, 6.45) is 0. The van der Waals surface area contributed by atoms with Gasteiger partial charge in [0.05, 0.1) is 11.0 Å². The first-order chi connectivity index (χ1) is 33.5. The number of hydrogen-bond donors (Lipinski definition) is 0. The van der Waals surface area contributed by atoms with E-state index in [4.69, 9.17) is 0 Å². The minimum Gasteiger partial charge on any atom is -0.309 e. The van der Waals surface area contributed by atoms with Crippen molar-refractivity contribution >= 4 is 75.7 Å². The van der Waals surface area contributed by atoms with Crippen molar-refractivity contribution in [3.8, 4) is 50.2 Å². The van der Waals surface area contributed by atoms with Gasteiger partial charge in [-0.3, -0.25) is 0 Å². The summed E-state index contributed by atoms with van der Waals surface area (Å²) in [7, 11) is 0. The molecule has 1 heteroatoms. The predicted molar refractivity (Wildman–Crippen MR) is 299 cm³/mol. The van der Waals surface area contributed by atoms with Gasteiger partial charge in [0.2, 0.25) is 0 Å². The molecule has 0 N–H and O–H groups in total. The Kier molecular flexibility index (Phi) is 9.11. The number of para-hydroxylation sites is 1. The van der Waals surface area contributed by atoms with Crippen LogP contribution in [0.5, 0.6) is 0 Å². The Bertz CT molecular complexity index is 3910. The van der Waals surface area contributed by atoms with Crippen LogP contribution in [0.15, 0.2) is 212 Å². The van der Waals surface area contributed by atoms with Gasteiger partial charge >= 0.3 is 0 Å². The average Bonchev–Trinajstić information content (AvgIpc) is 3.71. The molecule has 1 aromatic heterocycles. The van der Waals surface area contributed by atoms with Crippen LogP contribution in [-0.2, 0) is 10.8 Å². The fourth-order valence-corrected chi connectivity index (χ4v) is 11.7. The second-order valence-electron chi connectivity index (χ2n) is 21.2. The quantitative estimate of drug-likeness (QED) is 0.120. The molecule has 69 heavy (non-hydrogen) atoms. The zero-order chi connectivity index (χ0) is 46.8. The lowest BCUT2D eigenvalue weighted by molar-refractivity contribution is 0.591. The van der Waals surface area contributed by atoms with Crippen molar-refractivity contribution in [1.29, 1.82) is 0 Å². The molecule has 12 aromatic carbocycles. The molecule has 0 spiro atoms. The van der Waals surface area contributed by atoms with Crippen molar-refractivity contribution in [3.63, 3.8) is 0 Å². The van der Waals surface area contributed by atoms with E-state index in [0.717, 1.165) is 5.69 Å². The maximum absolute atomic E-state index is 2.49. The molecular formula is C68H53N. The molecule has 0 aliphatic heterocycles. The van der Waals surface area contributed by atoms with Gasteiger partial charge in [0.25, 0.3) is 0 Å². The summed E-state index contributed by atoms with van der Waals surface area (Å²) in [6, 6.07) is 80.1. The monoisotopic (exact) mass is 883 g/mol. The summed E-state index contributed by atoms with van der Waals surface area (Å²) >= 11 is 0. The average molecular weight is 884 g/mol. The summed E-state index contributed by atoms with van der Waals surface area (Å²) < 4.78 is 2.49. The summed E-state index contributed by atoms with van der Waals surface area (Å²) in [5.74, 6) is 0. The Labute approximate surface area is 404 Å². The molecule has 13 aromatic rings. The number of nitrogens with zero attached hydrogens (tertiary/aromatic N) is 1. The van der Waals surface area contributed by atoms with E-state index in [1.54, 1.807) is 0 Å². The lowest BCUT2D eigenvalue weighted by Crippen LogP contribution is -2.10. The molecule has 1 heterocycles. The summed E-state index contributed by atoms with van der Waals surface area (Å²) in [6.45, 7) is 13.9. The fraction of sp³-hybridized carbons (Fsp3) is 0.118. The van der Waals surface area contributed by atoms with Gasteiger partial charge in [0.1, 0.15) is 0 Å². The van der Waals surface area contributed by atoms with E-state index < -0.39 is 0 Å². The van der Waals surface area contributed by atoms with Crippen LogP contribution in [0.2, 0.25) is 0 Å². The van der Waals surface area contributed by atoms with E-state index in [1.165, 1.54) is 131 Å². The van der Waals surface area contributed by atoms with E-state index in [1.807, 2.05) is 0 Å². The molecule has 0 saturated carbocycles. The van der Waals surface area contributed by atoms with Crippen LogP contribution >= 0.6 is 0 Å². The number of rotatable bonds is 5. The van der Waals surface area contributed by atoms with Crippen LogP contribution < -0.4 is 0 Å². The number of aromatic nitrogens is 1. The Hall–Kier alpha value is -8.00. The third-order valence-electron chi connectivity index (χ3n) is 15.1. The maximum atomic E-state index is 2.49. The van der Waals surface area contributed by atoms with Crippen molar-refractivity contribution in [2.24, 2.45) is 0 Å². The smallest absolute Gasteiger partial charge is 0.0547 e. The number of benzene rings is 12. The van der Waals surface area contributed by atoms with Crippen molar-refractivity contribution in [1.82, 2.24) is 4.57 Å². The first-order valence-corrected chi connectivity index (χ1v) is 24.5. The Morgan fingerprint density at radius 3 is 1.00 bits per heavy atom. The molecule has 0 radical (unpaired) electrons. The van der Waals surface area contributed by atoms with Gasteiger partial charge in [-0.25, -0.2) is 0 Å². The molecule has 0 unspecified atom stereocenters. The van der Waals surface area contributed by atoms with Gasteiger partial charge in [-0.05, 0) is 157 Å². The Morgan fingerprint density at radius 2 is 0.609 bits per heavy atom. The third-order valence-corrected chi connectivity index (χ3v) is 15.1. The second-order valence-corrected chi connectivity index (χ2v) is 21.2. The van der Waals surface area contributed by atoms with Crippen molar-refractivity contribution < 1.29 is 0 Å². The SMILES string of the molecule is CC(C)(C)c1ccc2c(-c3ccc4c5c3ccc3c(-c6c7ccccc7c(-c7ccccc7)c7cc(C(C)(C)C)ccc67)ccc(c35)n4-c3ccccc3)c3ccccc3c(-c3ccccc3)c2c1. The topological polar surface area (TPSA) is 4.93 Å². The van der Waals surface area contributed by atoms with Gasteiger partial charge < -0.3 is 4.57 Å². The summed E-state index contributed by atoms with van der Waals surface area (Å²) in [5.41, 5.74) is 16.4. The highest BCUT2D eigenvalue weighted by Crippen LogP contribution is 2.52. The minimum absolute atomic E-state index is 0.0115. The third kappa shape index (κ3) is 6.30. The highest BCUT2D eigenvalue weighted by atomic mass is 15.0. The standard InChI is InChI=1S/C68H53N/c1-67(2,3)44-30-32-55-57(40-44)61(42-20-10-7-11-21-42)47-26-16-18-28-49(47)63(55)51-36-38-59-65-53(51)34-35-54-52(37-39-60(66(54)65)69(59)46-24-14-9-15-25-46)64-50-29-19-17-27-48(50)62(43-22-12-8-13-23-43)58-41-45(68(4,5)6)31-33-56(58)64/h7-41H,1-6H3. The van der Waals surface area contributed by atoms with E-state index >= 15 is 0 Å². The molecule has 0 amide bonds. The first kappa shape index (κ1) is 41.2. The van der Waals surface area contributed by atoms with Crippen LogP contribution in [0.3, 0.4) is 0 Å². The first-order valence-electron chi connectivity index (χ1n) is 24.5. The van der Waals surface area contributed by atoms with Gasteiger partial charge in [-0.1, -0.05) is 217 Å². The van der Waals surface area contributed by atoms with E-state index in [9.17, 15) is 0 Å². The summed E-state index contributed by atoms with van der Waals surface area (Å²) in [5, 5.41) is 15.3. The van der Waals surface area contributed by atoms with E-state index in [0.29, 0.717) is 0 Å². The van der Waals surface area contributed by atoms with E-state index in [2.05, 4.69) is 258 Å². The number of hydrogen-bond acceptors (Lipinski definition) is 0. The van der Waals surface area contributed by atoms with Gasteiger partial charge in [0.15, 0.2) is 0 Å². The molecule has 1 nitrogen and oxygen atoms in total. The molecule has 13 rings (SSSR count).